The van der Waals surface area contributed by atoms with Crippen LogP contribution < -0.4 is 0 Å². The van der Waals surface area contributed by atoms with Gasteiger partial charge in [-0.15, -0.1) is 0 Å². The molecular weight excluding hydrogens is 274 g/mol. The van der Waals surface area contributed by atoms with E-state index in [1.54, 1.807) is 0 Å². The fourth-order valence-corrected chi connectivity index (χ4v) is 2.82. The maximum absolute atomic E-state index is 4.64. The minimum atomic E-state index is 0.554. The van der Waals surface area contributed by atoms with E-state index in [1.165, 1.54) is 17.1 Å². The number of hydrogen-bond acceptors (Lipinski definition) is 4. The Morgan fingerprint density at radius 1 is 1.23 bits per heavy atom. The Morgan fingerprint density at radius 2 is 2.00 bits per heavy atom. The van der Waals surface area contributed by atoms with Crippen molar-refractivity contribution in [3.63, 3.8) is 0 Å². The zero-order valence-corrected chi connectivity index (χ0v) is 13.7. The molecule has 0 aliphatic carbocycles. The van der Waals surface area contributed by atoms with Crippen LogP contribution in [0.15, 0.2) is 30.7 Å². The average molecular weight is 299 g/mol. The Hall–Kier alpha value is -1.72. The quantitative estimate of drug-likeness (QED) is 0.847. The number of nitrogens with zero attached hydrogens (tertiary/aromatic N) is 5. The van der Waals surface area contributed by atoms with E-state index in [9.17, 15) is 0 Å². The van der Waals surface area contributed by atoms with Crippen molar-refractivity contribution < 1.29 is 0 Å². The van der Waals surface area contributed by atoms with Gasteiger partial charge in [0.15, 0.2) is 0 Å². The number of imidazole rings is 1. The molecule has 0 aromatic carbocycles. The number of aromatic nitrogens is 3. The molecule has 0 spiro atoms. The Morgan fingerprint density at radius 3 is 2.73 bits per heavy atom. The molecule has 0 saturated heterocycles. The van der Waals surface area contributed by atoms with Crippen molar-refractivity contribution in [2.24, 2.45) is 0 Å². The van der Waals surface area contributed by atoms with E-state index >= 15 is 0 Å². The lowest BCUT2D eigenvalue weighted by Gasteiger charge is -2.29. The number of hydrogen-bond donors (Lipinski definition) is 0. The molecule has 1 aliphatic rings. The average Bonchev–Trinajstić information content (AvgIpc) is 2.90. The topological polar surface area (TPSA) is 37.2 Å². The molecule has 22 heavy (non-hydrogen) atoms. The summed E-state index contributed by atoms with van der Waals surface area (Å²) in [7, 11) is 2.17. The molecule has 0 saturated carbocycles. The van der Waals surface area contributed by atoms with Gasteiger partial charge in [0.2, 0.25) is 0 Å². The van der Waals surface area contributed by atoms with Crippen molar-refractivity contribution in [1.82, 2.24) is 24.3 Å². The van der Waals surface area contributed by atoms with Gasteiger partial charge in [0.05, 0.1) is 12.2 Å². The molecule has 2 aromatic rings. The molecule has 0 radical (unpaired) electrons. The number of fused-ring (bicyclic) bond motifs is 1. The van der Waals surface area contributed by atoms with E-state index in [0.29, 0.717) is 6.04 Å². The van der Waals surface area contributed by atoms with Crippen molar-refractivity contribution in [3.05, 3.63) is 47.8 Å². The zero-order valence-electron chi connectivity index (χ0n) is 13.7. The lowest BCUT2D eigenvalue weighted by Crippen LogP contribution is -2.35. The van der Waals surface area contributed by atoms with Crippen molar-refractivity contribution >= 4 is 0 Å². The van der Waals surface area contributed by atoms with Gasteiger partial charge in [0.1, 0.15) is 5.82 Å². The normalized spacial score (nSPS) is 15.5. The molecule has 0 fully saturated rings. The van der Waals surface area contributed by atoms with Gasteiger partial charge in [0, 0.05) is 50.8 Å². The first-order valence-electron chi connectivity index (χ1n) is 7.98. The molecule has 0 bridgehead atoms. The Kier molecular flexibility index (Phi) is 4.55. The zero-order chi connectivity index (χ0) is 15.5. The highest BCUT2D eigenvalue weighted by atomic mass is 15.3. The third-order valence-electron chi connectivity index (χ3n) is 4.47. The Balaban J connectivity index is 1.66. The predicted molar refractivity (Wildman–Crippen MR) is 87.2 cm³/mol. The van der Waals surface area contributed by atoms with Crippen molar-refractivity contribution in [3.8, 4) is 0 Å². The second-order valence-corrected chi connectivity index (χ2v) is 6.39. The minimum Gasteiger partial charge on any atom is -0.328 e. The molecule has 0 amide bonds. The third-order valence-corrected chi connectivity index (χ3v) is 4.47. The van der Waals surface area contributed by atoms with Crippen LogP contribution in [-0.4, -0.2) is 44.0 Å². The summed E-state index contributed by atoms with van der Waals surface area (Å²) in [5, 5.41) is 0. The molecule has 3 rings (SSSR count). The third kappa shape index (κ3) is 3.36. The monoisotopic (exact) mass is 299 g/mol. The standard InChI is InChI=1S/C17H25N5/c1-14(2)20(3)12-16-10-19-17-13-21(8-9-22(16)17)11-15-4-6-18-7-5-15/h4-7,10,14H,8-9,11-13H2,1-3H3. The summed E-state index contributed by atoms with van der Waals surface area (Å²) in [4.78, 5) is 13.5. The molecule has 5 heteroatoms. The second kappa shape index (κ2) is 6.58. The first kappa shape index (κ1) is 15.2. The highest BCUT2D eigenvalue weighted by Gasteiger charge is 2.20. The van der Waals surface area contributed by atoms with E-state index in [0.717, 1.165) is 32.7 Å². The largest absolute Gasteiger partial charge is 0.328 e. The molecule has 118 valence electrons. The summed E-state index contributed by atoms with van der Waals surface area (Å²) in [6.07, 6.45) is 5.77. The van der Waals surface area contributed by atoms with E-state index in [-0.39, 0.29) is 0 Å². The van der Waals surface area contributed by atoms with Gasteiger partial charge in [-0.3, -0.25) is 14.8 Å². The minimum absolute atomic E-state index is 0.554. The molecule has 0 unspecified atom stereocenters. The predicted octanol–water partition coefficient (Wildman–Crippen LogP) is 2.13. The summed E-state index contributed by atoms with van der Waals surface area (Å²) >= 11 is 0. The molecule has 0 atom stereocenters. The summed E-state index contributed by atoms with van der Waals surface area (Å²) in [5.74, 6) is 1.19. The second-order valence-electron chi connectivity index (χ2n) is 6.39. The van der Waals surface area contributed by atoms with Crippen LogP contribution in [0.5, 0.6) is 0 Å². The van der Waals surface area contributed by atoms with Gasteiger partial charge in [-0.05, 0) is 38.6 Å². The van der Waals surface area contributed by atoms with Crippen molar-refractivity contribution in [2.75, 3.05) is 13.6 Å². The lowest BCUT2D eigenvalue weighted by atomic mass is 10.2. The van der Waals surface area contributed by atoms with E-state index in [4.69, 9.17) is 0 Å². The number of rotatable bonds is 5. The Bertz CT molecular complexity index is 605. The summed E-state index contributed by atoms with van der Waals surface area (Å²) in [6.45, 7) is 9.42. The van der Waals surface area contributed by atoms with Gasteiger partial charge >= 0.3 is 0 Å². The molecule has 5 nitrogen and oxygen atoms in total. The summed E-state index contributed by atoms with van der Waals surface area (Å²) in [5.41, 5.74) is 2.64. The summed E-state index contributed by atoms with van der Waals surface area (Å²) < 4.78 is 2.39. The molecule has 1 aliphatic heterocycles. The van der Waals surface area contributed by atoms with Crippen LogP contribution in [0.4, 0.5) is 0 Å². The van der Waals surface area contributed by atoms with Crippen LogP contribution in [0, 0.1) is 0 Å². The van der Waals surface area contributed by atoms with Crippen molar-refractivity contribution in [1.29, 1.82) is 0 Å². The first-order chi connectivity index (χ1) is 10.6. The first-order valence-corrected chi connectivity index (χ1v) is 7.98. The maximum Gasteiger partial charge on any atom is 0.123 e. The van der Waals surface area contributed by atoms with Crippen LogP contribution in [0.25, 0.3) is 0 Å². The maximum atomic E-state index is 4.64. The Labute approximate surface area is 132 Å². The lowest BCUT2D eigenvalue weighted by molar-refractivity contribution is 0.201. The van der Waals surface area contributed by atoms with Crippen LogP contribution in [-0.2, 0) is 26.2 Å². The summed E-state index contributed by atoms with van der Waals surface area (Å²) in [6, 6.07) is 4.73. The van der Waals surface area contributed by atoms with Crippen molar-refractivity contribution in [2.45, 2.75) is 46.1 Å². The van der Waals surface area contributed by atoms with Crippen LogP contribution >= 0.6 is 0 Å². The van der Waals surface area contributed by atoms with Crippen LogP contribution in [0.1, 0.15) is 30.9 Å². The molecule has 2 aromatic heterocycles. The molecule has 0 N–H and O–H groups in total. The fourth-order valence-electron chi connectivity index (χ4n) is 2.82. The van der Waals surface area contributed by atoms with E-state index in [2.05, 4.69) is 57.4 Å². The van der Waals surface area contributed by atoms with Gasteiger partial charge in [0.25, 0.3) is 0 Å². The van der Waals surface area contributed by atoms with E-state index in [1.807, 2.05) is 18.6 Å². The smallest absolute Gasteiger partial charge is 0.123 e. The number of pyridine rings is 1. The molecular formula is C17H25N5. The van der Waals surface area contributed by atoms with Crippen LogP contribution in [0.3, 0.4) is 0 Å². The van der Waals surface area contributed by atoms with Crippen LogP contribution in [0.2, 0.25) is 0 Å². The highest BCUT2D eigenvalue weighted by Crippen LogP contribution is 2.17. The highest BCUT2D eigenvalue weighted by molar-refractivity contribution is 5.11. The van der Waals surface area contributed by atoms with Gasteiger partial charge in [-0.25, -0.2) is 4.98 Å². The van der Waals surface area contributed by atoms with Gasteiger partial charge in [-0.1, -0.05) is 0 Å². The fraction of sp³-hybridized carbons (Fsp3) is 0.529. The van der Waals surface area contributed by atoms with E-state index < -0.39 is 0 Å². The molecule has 3 heterocycles. The van der Waals surface area contributed by atoms with Gasteiger partial charge in [-0.2, -0.15) is 0 Å². The SMILES string of the molecule is CC(C)N(C)Cc1cnc2n1CCN(Cc1ccncc1)C2. The van der Waals surface area contributed by atoms with Gasteiger partial charge < -0.3 is 4.57 Å².